The summed E-state index contributed by atoms with van der Waals surface area (Å²) in [5.41, 5.74) is 25.3. The summed E-state index contributed by atoms with van der Waals surface area (Å²) in [6.07, 6.45) is 8.46. The molecule has 0 spiro atoms. The summed E-state index contributed by atoms with van der Waals surface area (Å²) >= 11 is 0. The van der Waals surface area contributed by atoms with Crippen LogP contribution in [-0.2, 0) is 62.7 Å². The number of primary amides is 1. The molecular formula is C48H73N11O10S. The summed E-state index contributed by atoms with van der Waals surface area (Å²) in [4.78, 5) is 104. The fraction of sp³-hybridized carbons (Fsp3) is 0.542. The highest BCUT2D eigenvalue weighted by Crippen LogP contribution is 2.17. The van der Waals surface area contributed by atoms with E-state index >= 15 is 0 Å². The number of nitrogens with zero attached hydrogens (tertiary/aromatic N) is 2. The number of carboxylic acids is 1. The molecule has 6 amide bonds. The molecule has 1 heterocycles. The van der Waals surface area contributed by atoms with Crippen molar-refractivity contribution in [1.29, 1.82) is 0 Å². The maximum Gasteiger partial charge on any atom is 0.303 e. The van der Waals surface area contributed by atoms with Crippen molar-refractivity contribution in [3.05, 3.63) is 90.0 Å². The van der Waals surface area contributed by atoms with E-state index < -0.39 is 106 Å². The Morgan fingerprint density at radius 1 is 0.657 bits per heavy atom. The number of nitrogens with one attached hydrogen (secondary N) is 5. The van der Waals surface area contributed by atoms with Gasteiger partial charge in [-0.2, -0.15) is 0 Å². The van der Waals surface area contributed by atoms with E-state index in [4.69, 9.17) is 22.9 Å². The predicted molar refractivity (Wildman–Crippen MR) is 264 cm³/mol. The van der Waals surface area contributed by atoms with Gasteiger partial charge in [-0.15, -0.1) is 0 Å². The van der Waals surface area contributed by atoms with Crippen LogP contribution in [0.4, 0.5) is 0 Å². The maximum absolute atomic E-state index is 14.9. The lowest BCUT2D eigenvalue weighted by molar-refractivity contribution is -0.143. The van der Waals surface area contributed by atoms with Gasteiger partial charge in [0, 0.05) is 50.4 Å². The third-order valence-corrected chi connectivity index (χ3v) is 12.6. The number of rotatable bonds is 35. The van der Waals surface area contributed by atoms with Crippen LogP contribution in [0.2, 0.25) is 0 Å². The van der Waals surface area contributed by atoms with Gasteiger partial charge in [0.1, 0.15) is 40.0 Å². The Morgan fingerprint density at radius 3 is 1.71 bits per heavy atom. The van der Waals surface area contributed by atoms with Crippen LogP contribution in [0.15, 0.2) is 73.2 Å². The maximum atomic E-state index is 14.9. The number of carboxylic acid groups (broad SMARTS) is 1. The molecule has 3 rings (SSSR count). The lowest BCUT2D eigenvalue weighted by Gasteiger charge is -2.34. The molecule has 2 aromatic carbocycles. The number of hydrogen-bond donors (Lipinski definition) is 10. The van der Waals surface area contributed by atoms with E-state index in [1.807, 2.05) is 30.3 Å². The topological polar surface area (TPSA) is 358 Å². The van der Waals surface area contributed by atoms with Gasteiger partial charge in [-0.25, -0.2) is 13.4 Å². The number of nitrogens with two attached hydrogens (primary N) is 4. The number of aromatic nitrogens is 2. The van der Waals surface area contributed by atoms with E-state index in [-0.39, 0.29) is 38.6 Å². The highest BCUT2D eigenvalue weighted by atomic mass is 32.2. The fourth-order valence-corrected chi connectivity index (χ4v) is 8.38. The lowest BCUT2D eigenvalue weighted by Crippen LogP contribution is -2.60. The monoisotopic (exact) mass is 996 g/mol. The van der Waals surface area contributed by atoms with Gasteiger partial charge in [-0.1, -0.05) is 86.3 Å². The Hall–Kier alpha value is -6.23. The summed E-state index contributed by atoms with van der Waals surface area (Å²) in [5, 5.41) is 20.1. The molecule has 3 aromatic rings. The number of carbonyl (C=O) groups excluding carboxylic acids is 6. The van der Waals surface area contributed by atoms with Crippen molar-refractivity contribution >= 4 is 51.2 Å². The number of amides is 6. The van der Waals surface area contributed by atoms with Crippen LogP contribution in [0.1, 0.15) is 93.9 Å². The Bertz CT molecular complexity index is 2200. The standard InChI is InChI=1S/C48H73N11O10S/c1-70(68,69)27-23-36(51)44(63)55-37(21-22-42(60)61)45(64)58-40(30-35-31-53-32-54-35)47(66)57-39(28-33-16-8-6-9-17-33)46(65)56-38(20-12-14-25-50)48(67)59(26-15-5-3-2-4-13-24-49)41(43(52)62)29-34-18-10-7-11-19-34/h6-11,16-19,31-32,36-41H,2-5,12-15,20-30,49-51H2,1H3,(H2,52,62)(H,53,54)(H,55,63)(H,56,65)(H,57,66)(H,58,64)(H,60,61)/t36-,37-,38+,39-,40-,41-/m0/s1. The van der Waals surface area contributed by atoms with Gasteiger partial charge < -0.3 is 59.2 Å². The van der Waals surface area contributed by atoms with Gasteiger partial charge in [0.2, 0.25) is 35.4 Å². The zero-order chi connectivity index (χ0) is 51.5. The molecule has 0 fully saturated rings. The molecule has 0 unspecified atom stereocenters. The minimum atomic E-state index is -3.49. The molecule has 0 bridgehead atoms. The normalized spacial score (nSPS) is 13.9. The highest BCUT2D eigenvalue weighted by molar-refractivity contribution is 7.90. The Kier molecular flexibility index (Phi) is 25.8. The second-order valence-electron chi connectivity index (χ2n) is 17.5. The first-order chi connectivity index (χ1) is 33.4. The molecule has 0 saturated heterocycles. The minimum absolute atomic E-state index is 0.0682. The number of hydrogen-bond acceptors (Lipinski definition) is 13. The number of sulfone groups is 1. The molecule has 22 heteroatoms. The highest BCUT2D eigenvalue weighted by Gasteiger charge is 2.36. The van der Waals surface area contributed by atoms with Gasteiger partial charge in [0.15, 0.2) is 0 Å². The smallest absolute Gasteiger partial charge is 0.303 e. The second-order valence-corrected chi connectivity index (χ2v) is 19.8. The SMILES string of the molecule is CS(=O)(=O)CC[C@H](N)C(=O)N[C@@H](CCC(=O)O)C(=O)N[C@@H](Cc1cnc[nH]1)C(=O)N[C@@H](Cc1ccccc1)C(=O)N[C@H](CCCCN)C(=O)N(CCCCCCCCN)[C@@H](Cc1ccccc1)C(N)=O. The third-order valence-electron chi connectivity index (χ3n) is 11.6. The Labute approximate surface area is 410 Å². The summed E-state index contributed by atoms with van der Waals surface area (Å²) in [6.45, 7) is 1.09. The molecular weight excluding hydrogens is 923 g/mol. The zero-order valence-electron chi connectivity index (χ0n) is 40.1. The van der Waals surface area contributed by atoms with E-state index in [1.54, 1.807) is 30.3 Å². The Morgan fingerprint density at radius 2 is 1.17 bits per heavy atom. The molecule has 0 aliphatic heterocycles. The van der Waals surface area contributed by atoms with Crippen molar-refractivity contribution in [3.8, 4) is 0 Å². The van der Waals surface area contributed by atoms with Crippen LogP contribution in [-0.4, -0.2) is 138 Å². The summed E-state index contributed by atoms with van der Waals surface area (Å²) in [7, 11) is -3.49. The van der Waals surface area contributed by atoms with Gasteiger partial charge >= 0.3 is 5.97 Å². The second kappa shape index (κ2) is 31.1. The molecule has 70 heavy (non-hydrogen) atoms. The summed E-state index contributed by atoms with van der Waals surface area (Å²) in [6, 6.07) is 9.97. The first kappa shape index (κ1) is 58.1. The van der Waals surface area contributed by atoms with Crippen LogP contribution in [0.5, 0.6) is 0 Å². The molecule has 386 valence electrons. The molecule has 0 saturated carbocycles. The fourth-order valence-electron chi connectivity index (χ4n) is 7.69. The van der Waals surface area contributed by atoms with Gasteiger partial charge in [0.05, 0.1) is 18.1 Å². The average Bonchev–Trinajstić information content (AvgIpc) is 3.85. The lowest BCUT2D eigenvalue weighted by atomic mass is 9.99. The van der Waals surface area contributed by atoms with Crippen LogP contribution in [0.25, 0.3) is 0 Å². The van der Waals surface area contributed by atoms with Crippen LogP contribution < -0.4 is 44.2 Å². The predicted octanol–water partition coefficient (Wildman–Crippen LogP) is 0.114. The van der Waals surface area contributed by atoms with E-state index in [0.717, 1.165) is 43.9 Å². The molecule has 0 radical (unpaired) electrons. The molecule has 0 aliphatic rings. The van der Waals surface area contributed by atoms with Gasteiger partial charge in [-0.3, -0.25) is 33.6 Å². The number of aliphatic carboxylic acids is 1. The zero-order valence-corrected chi connectivity index (χ0v) is 40.9. The van der Waals surface area contributed by atoms with Crippen molar-refractivity contribution in [2.75, 3.05) is 31.6 Å². The van der Waals surface area contributed by atoms with E-state index in [0.29, 0.717) is 43.6 Å². The first-order valence-corrected chi connectivity index (χ1v) is 25.9. The largest absolute Gasteiger partial charge is 0.481 e. The van der Waals surface area contributed by atoms with Crippen LogP contribution >= 0.6 is 0 Å². The molecule has 14 N–H and O–H groups in total. The Balaban J connectivity index is 1.99. The summed E-state index contributed by atoms with van der Waals surface area (Å²) < 4.78 is 23.4. The van der Waals surface area contributed by atoms with Crippen molar-refractivity contribution < 1.29 is 47.1 Å². The van der Waals surface area contributed by atoms with Gasteiger partial charge in [0.25, 0.3) is 0 Å². The number of aromatic amines is 1. The summed E-state index contributed by atoms with van der Waals surface area (Å²) in [5.74, 6) is -6.44. The molecule has 6 atom stereocenters. The van der Waals surface area contributed by atoms with Gasteiger partial charge in [-0.05, 0) is 69.2 Å². The van der Waals surface area contributed by atoms with Crippen molar-refractivity contribution in [1.82, 2.24) is 36.1 Å². The first-order valence-electron chi connectivity index (χ1n) is 23.8. The third kappa shape index (κ3) is 22.0. The number of benzene rings is 2. The van der Waals surface area contributed by atoms with E-state index in [2.05, 4.69) is 31.2 Å². The van der Waals surface area contributed by atoms with Crippen LogP contribution in [0.3, 0.4) is 0 Å². The molecule has 1 aromatic heterocycles. The van der Waals surface area contributed by atoms with Crippen LogP contribution in [0, 0.1) is 0 Å². The van der Waals surface area contributed by atoms with E-state index in [9.17, 15) is 47.1 Å². The quantitative estimate of drug-likeness (QED) is 0.0350. The van der Waals surface area contributed by atoms with E-state index in [1.165, 1.54) is 17.4 Å². The minimum Gasteiger partial charge on any atom is -0.481 e. The van der Waals surface area contributed by atoms with Crippen molar-refractivity contribution in [2.24, 2.45) is 22.9 Å². The molecule has 0 aliphatic carbocycles. The van der Waals surface area contributed by atoms with Crippen molar-refractivity contribution in [2.45, 2.75) is 133 Å². The average molecular weight is 996 g/mol. The number of unbranched alkanes of at least 4 members (excludes halogenated alkanes) is 6. The van der Waals surface area contributed by atoms with Crippen molar-refractivity contribution in [3.63, 3.8) is 0 Å². The molecule has 21 nitrogen and oxygen atoms in total. The number of H-pyrrole nitrogens is 1. The number of imidazole rings is 1. The number of carbonyl (C=O) groups is 7.